The second kappa shape index (κ2) is 5.82. The number of hydrogen-bond acceptors (Lipinski definition) is 2. The molecule has 1 aromatic rings. The molecule has 0 bridgehead atoms. The highest BCUT2D eigenvalue weighted by atomic mass is 16.3. The van der Waals surface area contributed by atoms with Crippen LogP contribution < -0.4 is 5.32 Å². The average molecular weight is 235 g/mol. The molecule has 2 unspecified atom stereocenters. The number of rotatable bonds is 4. The third-order valence-corrected chi connectivity index (χ3v) is 3.05. The first-order valence-corrected chi connectivity index (χ1v) is 6.00. The predicted octanol–water partition coefficient (Wildman–Crippen LogP) is 2.97. The topological polar surface area (TPSA) is 49.3 Å². The van der Waals surface area contributed by atoms with Crippen LogP contribution in [-0.2, 0) is 4.79 Å². The molecule has 17 heavy (non-hydrogen) atoms. The lowest BCUT2D eigenvalue weighted by Gasteiger charge is -2.16. The van der Waals surface area contributed by atoms with Crippen molar-refractivity contribution in [2.75, 3.05) is 5.32 Å². The summed E-state index contributed by atoms with van der Waals surface area (Å²) in [7, 11) is 0. The normalized spacial score (nSPS) is 14.5. The van der Waals surface area contributed by atoms with Crippen LogP contribution in [0.3, 0.4) is 0 Å². The van der Waals surface area contributed by atoms with Crippen LogP contribution >= 0.6 is 0 Å². The lowest BCUT2D eigenvalue weighted by molar-refractivity contribution is -0.120. The van der Waals surface area contributed by atoms with Crippen LogP contribution in [0, 0.1) is 11.8 Å². The molecule has 2 N–H and O–H groups in total. The van der Waals surface area contributed by atoms with Crippen LogP contribution in [0.4, 0.5) is 5.69 Å². The summed E-state index contributed by atoms with van der Waals surface area (Å²) < 4.78 is 0. The number of aliphatic hydroxyl groups excluding tert-OH is 1. The van der Waals surface area contributed by atoms with Crippen LogP contribution in [0.15, 0.2) is 24.3 Å². The van der Waals surface area contributed by atoms with Gasteiger partial charge in [-0.15, -0.1) is 0 Å². The van der Waals surface area contributed by atoms with Gasteiger partial charge in [0.05, 0.1) is 6.10 Å². The molecule has 3 nitrogen and oxygen atoms in total. The van der Waals surface area contributed by atoms with Crippen molar-refractivity contribution in [2.45, 2.75) is 33.8 Å². The summed E-state index contributed by atoms with van der Waals surface area (Å²) in [5.74, 6) is 0.308. The van der Waals surface area contributed by atoms with E-state index in [4.69, 9.17) is 0 Å². The number of hydrogen-bond donors (Lipinski definition) is 2. The summed E-state index contributed by atoms with van der Waals surface area (Å²) in [6.07, 6.45) is -0.519. The fourth-order valence-corrected chi connectivity index (χ4v) is 1.44. The highest BCUT2D eigenvalue weighted by Crippen LogP contribution is 2.18. The van der Waals surface area contributed by atoms with Crippen molar-refractivity contribution < 1.29 is 9.90 Å². The minimum Gasteiger partial charge on any atom is -0.389 e. The Balaban J connectivity index is 2.75. The molecule has 2 atom stereocenters. The molecule has 0 heterocycles. The number of carbonyl (C=O) groups is 1. The molecule has 1 amide bonds. The molecular weight excluding hydrogens is 214 g/mol. The maximum absolute atomic E-state index is 11.9. The third-order valence-electron chi connectivity index (χ3n) is 3.05. The van der Waals surface area contributed by atoms with Gasteiger partial charge in [0.25, 0.3) is 0 Å². The van der Waals surface area contributed by atoms with Gasteiger partial charge in [0, 0.05) is 11.6 Å². The molecule has 0 aromatic heterocycles. The number of benzene rings is 1. The average Bonchev–Trinajstić information content (AvgIpc) is 2.28. The van der Waals surface area contributed by atoms with E-state index in [0.29, 0.717) is 5.92 Å². The van der Waals surface area contributed by atoms with Gasteiger partial charge in [0.1, 0.15) is 0 Å². The second-order valence-corrected chi connectivity index (χ2v) is 4.82. The Morgan fingerprint density at radius 3 is 2.41 bits per heavy atom. The monoisotopic (exact) mass is 235 g/mol. The maximum atomic E-state index is 11.9. The van der Waals surface area contributed by atoms with Crippen molar-refractivity contribution in [3.63, 3.8) is 0 Å². The summed E-state index contributed by atoms with van der Waals surface area (Å²) >= 11 is 0. The fourth-order valence-electron chi connectivity index (χ4n) is 1.44. The number of aliphatic hydroxyl groups is 1. The highest BCUT2D eigenvalue weighted by molar-refractivity contribution is 5.92. The smallest absolute Gasteiger partial charge is 0.227 e. The standard InChI is InChI=1S/C14H21NO2/c1-9(2)10(3)14(17)15-13-7-5-6-12(8-13)11(4)16/h5-11,16H,1-4H3,(H,15,17). The van der Waals surface area contributed by atoms with Crippen LogP contribution in [-0.4, -0.2) is 11.0 Å². The van der Waals surface area contributed by atoms with E-state index in [1.54, 1.807) is 13.0 Å². The summed E-state index contributed by atoms with van der Waals surface area (Å²) in [6, 6.07) is 7.30. The Bertz CT molecular complexity index is 386. The van der Waals surface area contributed by atoms with Gasteiger partial charge in [-0.3, -0.25) is 4.79 Å². The molecule has 0 fully saturated rings. The first-order valence-electron chi connectivity index (χ1n) is 6.00. The molecule has 0 radical (unpaired) electrons. The lowest BCUT2D eigenvalue weighted by atomic mass is 9.97. The van der Waals surface area contributed by atoms with E-state index >= 15 is 0 Å². The van der Waals surface area contributed by atoms with E-state index in [0.717, 1.165) is 11.3 Å². The molecule has 0 aliphatic heterocycles. The summed E-state index contributed by atoms with van der Waals surface area (Å²) in [5, 5.41) is 12.3. The van der Waals surface area contributed by atoms with Gasteiger partial charge in [-0.2, -0.15) is 0 Å². The number of amides is 1. The van der Waals surface area contributed by atoms with Crippen LogP contribution in [0.2, 0.25) is 0 Å². The van der Waals surface area contributed by atoms with Crippen molar-refractivity contribution in [2.24, 2.45) is 11.8 Å². The Morgan fingerprint density at radius 1 is 1.24 bits per heavy atom. The van der Waals surface area contributed by atoms with Gasteiger partial charge in [-0.1, -0.05) is 32.9 Å². The van der Waals surface area contributed by atoms with Crippen molar-refractivity contribution in [1.29, 1.82) is 0 Å². The van der Waals surface area contributed by atoms with Crippen molar-refractivity contribution in [3.05, 3.63) is 29.8 Å². The molecule has 0 saturated carbocycles. The van der Waals surface area contributed by atoms with E-state index < -0.39 is 6.10 Å². The van der Waals surface area contributed by atoms with Crippen LogP contribution in [0.25, 0.3) is 0 Å². The largest absolute Gasteiger partial charge is 0.389 e. The Labute approximate surface area is 103 Å². The molecular formula is C14H21NO2. The van der Waals surface area contributed by atoms with Crippen LogP contribution in [0.5, 0.6) is 0 Å². The van der Waals surface area contributed by atoms with E-state index in [1.165, 1.54) is 0 Å². The zero-order chi connectivity index (χ0) is 13.0. The number of nitrogens with one attached hydrogen (secondary N) is 1. The zero-order valence-electron chi connectivity index (χ0n) is 10.9. The van der Waals surface area contributed by atoms with E-state index in [9.17, 15) is 9.90 Å². The van der Waals surface area contributed by atoms with Crippen molar-refractivity contribution in [1.82, 2.24) is 0 Å². The zero-order valence-corrected chi connectivity index (χ0v) is 10.9. The maximum Gasteiger partial charge on any atom is 0.227 e. The third kappa shape index (κ3) is 3.86. The van der Waals surface area contributed by atoms with Gasteiger partial charge in [-0.05, 0) is 30.5 Å². The first-order chi connectivity index (χ1) is 7.91. The van der Waals surface area contributed by atoms with Gasteiger partial charge >= 0.3 is 0 Å². The second-order valence-electron chi connectivity index (χ2n) is 4.82. The Kier molecular flexibility index (Phi) is 4.70. The van der Waals surface area contributed by atoms with E-state index in [-0.39, 0.29) is 11.8 Å². The minimum atomic E-state index is -0.519. The molecule has 3 heteroatoms. The van der Waals surface area contributed by atoms with Gasteiger partial charge in [0.2, 0.25) is 5.91 Å². The van der Waals surface area contributed by atoms with Gasteiger partial charge in [0.15, 0.2) is 0 Å². The van der Waals surface area contributed by atoms with Crippen LogP contribution in [0.1, 0.15) is 39.4 Å². The molecule has 1 rings (SSSR count). The van der Waals surface area contributed by atoms with Crippen molar-refractivity contribution in [3.8, 4) is 0 Å². The summed E-state index contributed by atoms with van der Waals surface area (Å²) in [5.41, 5.74) is 1.54. The van der Waals surface area contributed by atoms with Gasteiger partial charge in [-0.25, -0.2) is 0 Å². The summed E-state index contributed by atoms with van der Waals surface area (Å²) in [4.78, 5) is 11.9. The quantitative estimate of drug-likeness (QED) is 0.843. The first kappa shape index (κ1) is 13.7. The van der Waals surface area contributed by atoms with E-state index in [1.807, 2.05) is 39.0 Å². The SMILES string of the molecule is CC(O)c1cccc(NC(=O)C(C)C(C)C)c1. The molecule has 1 aromatic carbocycles. The lowest BCUT2D eigenvalue weighted by Crippen LogP contribution is -2.24. The molecule has 0 aliphatic carbocycles. The minimum absolute atomic E-state index is 0.0164. The molecule has 0 spiro atoms. The van der Waals surface area contributed by atoms with Crippen molar-refractivity contribution >= 4 is 11.6 Å². The number of carbonyl (C=O) groups excluding carboxylic acids is 1. The Hall–Kier alpha value is -1.35. The Morgan fingerprint density at radius 2 is 1.88 bits per heavy atom. The predicted molar refractivity (Wildman–Crippen MR) is 69.7 cm³/mol. The van der Waals surface area contributed by atoms with Gasteiger partial charge < -0.3 is 10.4 Å². The fraction of sp³-hybridized carbons (Fsp3) is 0.500. The van der Waals surface area contributed by atoms with E-state index in [2.05, 4.69) is 5.32 Å². The highest BCUT2D eigenvalue weighted by Gasteiger charge is 2.16. The molecule has 0 saturated heterocycles. The molecule has 94 valence electrons. The number of anilines is 1. The molecule has 0 aliphatic rings. The summed E-state index contributed by atoms with van der Waals surface area (Å²) in [6.45, 7) is 7.67.